The van der Waals surface area contributed by atoms with Crippen molar-refractivity contribution < 1.29 is 24.5 Å². The van der Waals surface area contributed by atoms with Gasteiger partial charge in [0, 0.05) is 36.2 Å². The third-order valence-corrected chi connectivity index (χ3v) is 7.71. The number of thiophene rings is 1. The number of aliphatic hydroxyl groups is 1. The van der Waals surface area contributed by atoms with Crippen LogP contribution in [0.1, 0.15) is 37.7 Å². The van der Waals surface area contributed by atoms with E-state index in [9.17, 15) is 14.7 Å². The Balaban J connectivity index is 1.33. The first-order valence-corrected chi connectivity index (χ1v) is 13.8. The zero-order valence-electron chi connectivity index (χ0n) is 20.9. The molecule has 7 nitrogen and oxygen atoms in total. The zero-order chi connectivity index (χ0) is 26.9. The number of aromatic carboxylic acids is 1. The number of methoxy groups -OCH3 is 1. The van der Waals surface area contributed by atoms with Gasteiger partial charge in [-0.1, -0.05) is 36.1 Å². The number of benzene rings is 2. The van der Waals surface area contributed by atoms with Crippen molar-refractivity contribution in [1.82, 2.24) is 10.0 Å². The summed E-state index contributed by atoms with van der Waals surface area (Å²) in [7, 11) is 1.62. The number of hydrogen-bond donors (Lipinski definition) is 2. The maximum Gasteiger partial charge on any atom is 0.345 e. The van der Waals surface area contributed by atoms with Gasteiger partial charge >= 0.3 is 11.2 Å². The van der Waals surface area contributed by atoms with Crippen LogP contribution in [0.15, 0.2) is 72.3 Å². The number of carbonyl (C=O) groups excluding carboxylic acids is 1. The molecule has 4 rings (SSSR count). The lowest BCUT2D eigenvalue weighted by Crippen LogP contribution is -2.45. The fourth-order valence-corrected chi connectivity index (χ4v) is 5.45. The van der Waals surface area contributed by atoms with Crippen LogP contribution in [0, 0.1) is 11.8 Å². The van der Waals surface area contributed by atoms with Crippen LogP contribution in [-0.2, 0) is 12.8 Å². The molecule has 1 aromatic heterocycles. The van der Waals surface area contributed by atoms with E-state index in [0.717, 1.165) is 39.1 Å². The second-order valence-corrected chi connectivity index (χ2v) is 10.6. The van der Waals surface area contributed by atoms with E-state index in [1.807, 2.05) is 59.7 Å². The maximum absolute atomic E-state index is 12.5. The Hall–Kier alpha value is -3.71. The lowest BCUT2D eigenvalue weighted by atomic mass is 10.0. The van der Waals surface area contributed by atoms with Crippen LogP contribution in [0.4, 0.5) is 4.79 Å². The first-order valence-electron chi connectivity index (χ1n) is 12.1. The standard InChI is InChI=1S/C29H28N2O5S2/c1-36-26-8-3-2-7-23(26)10-9-21-5-4-6-22(19-21)20-24(32)13-15-30-17-18-37-29(35)31(30)16-14-25-11-12-27(38-25)28(33)34/h2-8,11-12,17-19,24,32H,13-16,20H2,1H3,(H,33,34). The van der Waals surface area contributed by atoms with Gasteiger partial charge in [0.2, 0.25) is 0 Å². The Morgan fingerprint density at radius 3 is 2.71 bits per heavy atom. The van der Waals surface area contributed by atoms with Crippen molar-refractivity contribution in [1.29, 1.82) is 0 Å². The summed E-state index contributed by atoms with van der Waals surface area (Å²) in [5.74, 6) is 6.10. The first kappa shape index (κ1) is 27.3. The largest absolute Gasteiger partial charge is 0.495 e. The Morgan fingerprint density at radius 2 is 1.92 bits per heavy atom. The van der Waals surface area contributed by atoms with Gasteiger partial charge in [-0.15, -0.1) is 11.3 Å². The second-order valence-electron chi connectivity index (χ2n) is 8.57. The molecule has 1 atom stereocenters. The Kier molecular flexibility index (Phi) is 9.49. The molecule has 38 heavy (non-hydrogen) atoms. The molecule has 196 valence electrons. The smallest absolute Gasteiger partial charge is 0.345 e. The van der Waals surface area contributed by atoms with Crippen molar-refractivity contribution in [3.8, 4) is 17.6 Å². The maximum atomic E-state index is 12.5. The van der Waals surface area contributed by atoms with E-state index in [0.29, 0.717) is 32.4 Å². The van der Waals surface area contributed by atoms with E-state index in [4.69, 9.17) is 9.84 Å². The quantitative estimate of drug-likeness (QED) is 0.335. The number of rotatable bonds is 10. The molecule has 9 heteroatoms. The van der Waals surface area contributed by atoms with E-state index >= 15 is 0 Å². The van der Waals surface area contributed by atoms with Crippen LogP contribution in [0.25, 0.3) is 0 Å². The molecular formula is C29H28N2O5S2. The lowest BCUT2D eigenvalue weighted by molar-refractivity contribution is 0.0548. The molecule has 1 unspecified atom stereocenters. The number of carbonyl (C=O) groups is 2. The number of carboxylic acids is 1. The number of thioether (sulfide) groups is 1. The van der Waals surface area contributed by atoms with E-state index in [-0.39, 0.29) is 10.1 Å². The van der Waals surface area contributed by atoms with Gasteiger partial charge in [0.1, 0.15) is 10.6 Å². The normalized spacial score (nSPS) is 13.7. The second kappa shape index (κ2) is 13.2. The molecule has 0 aliphatic carbocycles. The predicted molar refractivity (Wildman–Crippen MR) is 150 cm³/mol. The van der Waals surface area contributed by atoms with Gasteiger partial charge in [0.15, 0.2) is 0 Å². The fraction of sp³-hybridized carbons (Fsp3) is 0.241. The summed E-state index contributed by atoms with van der Waals surface area (Å²) in [5, 5.41) is 25.0. The van der Waals surface area contributed by atoms with Crippen LogP contribution in [0.5, 0.6) is 5.75 Å². The summed E-state index contributed by atoms with van der Waals surface area (Å²) in [5.41, 5.74) is 2.65. The number of hydrogen-bond acceptors (Lipinski definition) is 7. The van der Waals surface area contributed by atoms with Crippen LogP contribution in [-0.4, -0.2) is 57.7 Å². The van der Waals surface area contributed by atoms with Gasteiger partial charge in [0.05, 0.1) is 18.8 Å². The third-order valence-electron chi connectivity index (χ3n) is 5.90. The van der Waals surface area contributed by atoms with Crippen molar-refractivity contribution in [2.24, 2.45) is 0 Å². The highest BCUT2D eigenvalue weighted by Crippen LogP contribution is 2.23. The van der Waals surface area contributed by atoms with Crippen molar-refractivity contribution >= 4 is 34.3 Å². The highest BCUT2D eigenvalue weighted by Gasteiger charge is 2.23. The minimum Gasteiger partial charge on any atom is -0.495 e. The Morgan fingerprint density at radius 1 is 1.08 bits per heavy atom. The average Bonchev–Trinajstić information content (AvgIpc) is 3.40. The number of aliphatic hydroxyl groups excluding tert-OH is 1. The number of ether oxygens (including phenoxy) is 1. The molecule has 0 spiro atoms. The van der Waals surface area contributed by atoms with Crippen molar-refractivity contribution in [2.75, 3.05) is 20.2 Å². The van der Waals surface area contributed by atoms with E-state index in [1.54, 1.807) is 29.7 Å². The van der Waals surface area contributed by atoms with E-state index < -0.39 is 12.1 Å². The topological polar surface area (TPSA) is 90.3 Å². The molecular weight excluding hydrogens is 520 g/mol. The summed E-state index contributed by atoms with van der Waals surface area (Å²) in [6, 6.07) is 18.8. The molecule has 1 amide bonds. The van der Waals surface area contributed by atoms with Gasteiger partial charge in [0.25, 0.3) is 0 Å². The first-order chi connectivity index (χ1) is 18.4. The molecule has 1 aliphatic heterocycles. The summed E-state index contributed by atoms with van der Waals surface area (Å²) < 4.78 is 5.36. The molecule has 3 aromatic rings. The fourth-order valence-electron chi connectivity index (χ4n) is 3.98. The number of carboxylic acid groups (broad SMARTS) is 1. The van der Waals surface area contributed by atoms with Gasteiger partial charge in [-0.2, -0.15) is 0 Å². The van der Waals surface area contributed by atoms with Crippen LogP contribution >= 0.6 is 23.1 Å². The average molecular weight is 549 g/mol. The Bertz CT molecular complexity index is 1370. The van der Waals surface area contributed by atoms with Crippen molar-refractivity contribution in [3.05, 3.63) is 98.7 Å². The molecule has 0 radical (unpaired) electrons. The summed E-state index contributed by atoms with van der Waals surface area (Å²) in [6.45, 7) is 0.904. The number of para-hydroxylation sites is 1. The predicted octanol–water partition coefficient (Wildman–Crippen LogP) is 5.25. The Labute approximate surface area is 230 Å². The van der Waals surface area contributed by atoms with Gasteiger partial charge < -0.3 is 14.9 Å². The SMILES string of the molecule is COc1ccccc1C#Cc1cccc(CC(O)CCN2C=CSC(=O)N2CCc2ccc(C(=O)O)s2)c1. The minimum absolute atomic E-state index is 0.0988. The van der Waals surface area contributed by atoms with E-state index in [2.05, 4.69) is 11.8 Å². The number of amides is 1. The van der Waals surface area contributed by atoms with Crippen molar-refractivity contribution in [3.63, 3.8) is 0 Å². The molecule has 2 N–H and O–H groups in total. The molecule has 2 heterocycles. The van der Waals surface area contributed by atoms with Crippen LogP contribution in [0.2, 0.25) is 0 Å². The zero-order valence-corrected chi connectivity index (χ0v) is 22.5. The highest BCUT2D eigenvalue weighted by molar-refractivity contribution is 8.16. The summed E-state index contributed by atoms with van der Waals surface area (Å²) in [4.78, 5) is 24.9. The third kappa shape index (κ3) is 7.42. The molecule has 0 fully saturated rings. The highest BCUT2D eigenvalue weighted by atomic mass is 32.2. The number of hydrazine groups is 1. The molecule has 2 aromatic carbocycles. The van der Waals surface area contributed by atoms with Gasteiger partial charge in [-0.05, 0) is 72.0 Å². The molecule has 0 bridgehead atoms. The summed E-state index contributed by atoms with van der Waals surface area (Å²) >= 11 is 2.33. The van der Waals surface area contributed by atoms with Gasteiger partial charge in [-0.3, -0.25) is 9.80 Å². The molecule has 0 saturated carbocycles. The lowest BCUT2D eigenvalue weighted by Gasteiger charge is -2.36. The molecule has 0 saturated heterocycles. The monoisotopic (exact) mass is 548 g/mol. The van der Waals surface area contributed by atoms with Crippen molar-refractivity contribution in [2.45, 2.75) is 25.4 Å². The summed E-state index contributed by atoms with van der Waals surface area (Å²) in [6.07, 6.45) is 2.74. The van der Waals surface area contributed by atoms with Crippen LogP contribution in [0.3, 0.4) is 0 Å². The van der Waals surface area contributed by atoms with Crippen LogP contribution < -0.4 is 4.74 Å². The van der Waals surface area contributed by atoms with Gasteiger partial charge in [-0.25, -0.2) is 9.80 Å². The van der Waals surface area contributed by atoms with E-state index in [1.165, 1.54) is 11.3 Å². The molecule has 1 aliphatic rings. The number of nitrogens with zero attached hydrogens (tertiary/aromatic N) is 2. The minimum atomic E-state index is -0.946.